The quantitative estimate of drug-likeness (QED) is 0.872. The number of benzene rings is 2. The molecular weight excluding hydrogens is 310 g/mol. The van der Waals surface area contributed by atoms with Crippen LogP contribution in [0.15, 0.2) is 54.6 Å². The van der Waals surface area contributed by atoms with E-state index in [2.05, 4.69) is 34.5 Å². The Labute approximate surface area is 150 Å². The predicted molar refractivity (Wildman–Crippen MR) is 104 cm³/mol. The van der Waals surface area contributed by atoms with Crippen LogP contribution in [0.1, 0.15) is 24.8 Å². The first kappa shape index (κ1) is 17.5. The van der Waals surface area contributed by atoms with Crippen molar-refractivity contribution in [3.05, 3.63) is 60.2 Å². The van der Waals surface area contributed by atoms with Gasteiger partial charge in [0.05, 0.1) is 6.54 Å². The summed E-state index contributed by atoms with van der Waals surface area (Å²) in [6.45, 7) is 3.41. The molecule has 0 unspecified atom stereocenters. The van der Waals surface area contributed by atoms with Crippen molar-refractivity contribution >= 4 is 17.3 Å². The fourth-order valence-corrected chi connectivity index (χ4v) is 3.30. The number of rotatable bonds is 6. The van der Waals surface area contributed by atoms with Crippen molar-refractivity contribution in [2.24, 2.45) is 0 Å². The maximum absolute atomic E-state index is 12.2. The topological polar surface area (TPSA) is 35.6 Å². The molecule has 0 radical (unpaired) electrons. The predicted octanol–water partition coefficient (Wildman–Crippen LogP) is 3.75. The van der Waals surface area contributed by atoms with Crippen molar-refractivity contribution in [2.75, 3.05) is 36.9 Å². The van der Waals surface area contributed by atoms with Gasteiger partial charge in [-0.25, -0.2) is 0 Å². The number of nitrogens with zero attached hydrogens (tertiary/aromatic N) is 2. The highest BCUT2D eigenvalue weighted by molar-refractivity contribution is 5.92. The first-order chi connectivity index (χ1) is 12.2. The third-order valence-corrected chi connectivity index (χ3v) is 4.58. The van der Waals surface area contributed by atoms with Gasteiger partial charge in [0.25, 0.3) is 0 Å². The summed E-state index contributed by atoms with van der Waals surface area (Å²) in [5.41, 5.74) is 3.32. The second-order valence-corrected chi connectivity index (χ2v) is 6.80. The third-order valence-electron chi connectivity index (χ3n) is 4.58. The molecule has 25 heavy (non-hydrogen) atoms. The maximum atomic E-state index is 12.2. The molecule has 0 aromatic heterocycles. The van der Waals surface area contributed by atoms with Crippen LogP contribution in [0.3, 0.4) is 0 Å². The van der Waals surface area contributed by atoms with E-state index in [1.165, 1.54) is 30.5 Å². The van der Waals surface area contributed by atoms with E-state index in [0.717, 1.165) is 25.3 Å². The summed E-state index contributed by atoms with van der Waals surface area (Å²) < 4.78 is 0. The molecule has 1 heterocycles. The van der Waals surface area contributed by atoms with E-state index in [1.807, 2.05) is 42.3 Å². The zero-order chi connectivity index (χ0) is 17.5. The number of amides is 1. The molecule has 1 aliphatic heterocycles. The minimum absolute atomic E-state index is 0.0177. The second-order valence-electron chi connectivity index (χ2n) is 6.80. The number of carbonyl (C=O) groups is 1. The number of hydrogen-bond donors (Lipinski definition) is 1. The lowest BCUT2D eigenvalue weighted by Crippen LogP contribution is -2.30. The van der Waals surface area contributed by atoms with Crippen LogP contribution in [0.5, 0.6) is 0 Å². The van der Waals surface area contributed by atoms with E-state index in [9.17, 15) is 4.79 Å². The third kappa shape index (κ3) is 5.33. The lowest BCUT2D eigenvalue weighted by Gasteiger charge is -2.28. The van der Waals surface area contributed by atoms with Gasteiger partial charge >= 0.3 is 0 Å². The standard InChI is InChI=1S/C21H27N3O/c1-23(16-18-8-4-2-5-9-18)17-21(25)22-19-10-12-20(13-11-19)24-14-6-3-7-15-24/h2,4-5,8-13H,3,6-7,14-17H2,1H3,(H,22,25). The van der Waals surface area contributed by atoms with Crippen molar-refractivity contribution in [2.45, 2.75) is 25.8 Å². The molecule has 0 atom stereocenters. The van der Waals surface area contributed by atoms with E-state index >= 15 is 0 Å². The SMILES string of the molecule is CN(CC(=O)Nc1ccc(N2CCCCC2)cc1)Cc1ccccc1. The zero-order valence-corrected chi connectivity index (χ0v) is 14.9. The first-order valence-electron chi connectivity index (χ1n) is 9.08. The number of likely N-dealkylation sites (N-methyl/N-ethyl adjacent to an activating group) is 1. The molecule has 0 bridgehead atoms. The van der Waals surface area contributed by atoms with Crippen LogP contribution in [-0.4, -0.2) is 37.5 Å². The van der Waals surface area contributed by atoms with E-state index < -0.39 is 0 Å². The second kappa shape index (κ2) is 8.67. The van der Waals surface area contributed by atoms with E-state index in [1.54, 1.807) is 0 Å². The normalized spacial score (nSPS) is 14.6. The Morgan fingerprint density at radius 1 is 1.00 bits per heavy atom. The Balaban J connectivity index is 1.48. The van der Waals surface area contributed by atoms with Crippen molar-refractivity contribution < 1.29 is 4.79 Å². The lowest BCUT2D eigenvalue weighted by molar-refractivity contribution is -0.117. The molecule has 0 saturated carbocycles. The Bertz CT molecular complexity index is 663. The molecule has 4 nitrogen and oxygen atoms in total. The van der Waals surface area contributed by atoms with Gasteiger partial charge in [-0.05, 0) is 56.1 Å². The summed E-state index contributed by atoms with van der Waals surface area (Å²) in [7, 11) is 1.96. The number of nitrogens with one attached hydrogen (secondary N) is 1. The Kier molecular flexibility index (Phi) is 6.07. The van der Waals surface area contributed by atoms with Crippen molar-refractivity contribution in [1.29, 1.82) is 0 Å². The lowest BCUT2D eigenvalue weighted by atomic mass is 10.1. The van der Waals surface area contributed by atoms with Crippen LogP contribution in [0.4, 0.5) is 11.4 Å². The van der Waals surface area contributed by atoms with Crippen LogP contribution in [0.25, 0.3) is 0 Å². The highest BCUT2D eigenvalue weighted by Gasteiger charge is 2.11. The van der Waals surface area contributed by atoms with Gasteiger partial charge in [0.2, 0.25) is 5.91 Å². The highest BCUT2D eigenvalue weighted by Crippen LogP contribution is 2.21. The minimum Gasteiger partial charge on any atom is -0.372 e. The fraction of sp³-hybridized carbons (Fsp3) is 0.381. The fourth-order valence-electron chi connectivity index (χ4n) is 3.30. The number of piperidine rings is 1. The molecule has 132 valence electrons. The summed E-state index contributed by atoms with van der Waals surface area (Å²) in [5.74, 6) is 0.0177. The van der Waals surface area contributed by atoms with Gasteiger partial charge in [-0.15, -0.1) is 0 Å². The van der Waals surface area contributed by atoms with Crippen LogP contribution in [0, 0.1) is 0 Å². The molecular formula is C21H27N3O. The number of carbonyl (C=O) groups excluding carboxylic acids is 1. The van der Waals surface area contributed by atoms with Gasteiger partial charge in [0.15, 0.2) is 0 Å². The number of anilines is 2. The van der Waals surface area contributed by atoms with Gasteiger partial charge in [0, 0.05) is 31.0 Å². The molecule has 2 aromatic rings. The van der Waals surface area contributed by atoms with Gasteiger partial charge in [-0.2, -0.15) is 0 Å². The number of hydrogen-bond acceptors (Lipinski definition) is 3. The zero-order valence-electron chi connectivity index (χ0n) is 14.9. The van der Waals surface area contributed by atoms with Gasteiger partial charge in [0.1, 0.15) is 0 Å². The van der Waals surface area contributed by atoms with Crippen molar-refractivity contribution in [3.63, 3.8) is 0 Å². The van der Waals surface area contributed by atoms with E-state index in [0.29, 0.717) is 6.54 Å². The van der Waals surface area contributed by atoms with Gasteiger partial charge < -0.3 is 10.2 Å². The highest BCUT2D eigenvalue weighted by atomic mass is 16.2. The summed E-state index contributed by atoms with van der Waals surface area (Å²) in [6.07, 6.45) is 3.87. The van der Waals surface area contributed by atoms with Crippen molar-refractivity contribution in [1.82, 2.24) is 4.90 Å². The average molecular weight is 337 g/mol. The summed E-state index contributed by atoms with van der Waals surface area (Å²) in [5, 5.41) is 2.99. The molecule has 4 heteroatoms. The molecule has 1 fully saturated rings. The Morgan fingerprint density at radius 2 is 1.68 bits per heavy atom. The van der Waals surface area contributed by atoms with Gasteiger partial charge in [-0.1, -0.05) is 30.3 Å². The maximum Gasteiger partial charge on any atom is 0.238 e. The average Bonchev–Trinajstić information content (AvgIpc) is 2.63. The van der Waals surface area contributed by atoms with Crippen LogP contribution in [-0.2, 0) is 11.3 Å². The monoisotopic (exact) mass is 337 g/mol. The van der Waals surface area contributed by atoms with Crippen LogP contribution in [0.2, 0.25) is 0 Å². The molecule has 1 saturated heterocycles. The smallest absolute Gasteiger partial charge is 0.238 e. The molecule has 1 aliphatic rings. The molecule has 2 aromatic carbocycles. The summed E-state index contributed by atoms with van der Waals surface area (Å²) >= 11 is 0. The summed E-state index contributed by atoms with van der Waals surface area (Å²) in [4.78, 5) is 16.7. The summed E-state index contributed by atoms with van der Waals surface area (Å²) in [6, 6.07) is 18.4. The Morgan fingerprint density at radius 3 is 2.36 bits per heavy atom. The molecule has 1 amide bonds. The van der Waals surface area contributed by atoms with Crippen LogP contribution < -0.4 is 10.2 Å². The molecule has 0 spiro atoms. The minimum atomic E-state index is 0.0177. The van der Waals surface area contributed by atoms with E-state index in [-0.39, 0.29) is 5.91 Å². The first-order valence-corrected chi connectivity index (χ1v) is 9.08. The van der Waals surface area contributed by atoms with Crippen LogP contribution >= 0.6 is 0 Å². The molecule has 1 N–H and O–H groups in total. The molecule has 0 aliphatic carbocycles. The van der Waals surface area contributed by atoms with E-state index in [4.69, 9.17) is 0 Å². The van der Waals surface area contributed by atoms with Gasteiger partial charge in [-0.3, -0.25) is 9.69 Å². The molecule has 3 rings (SSSR count). The Hall–Kier alpha value is -2.33. The largest absolute Gasteiger partial charge is 0.372 e. The van der Waals surface area contributed by atoms with Crippen molar-refractivity contribution in [3.8, 4) is 0 Å².